The van der Waals surface area contributed by atoms with E-state index in [2.05, 4.69) is 35.3 Å². The molecule has 6 heteroatoms. The standard InChI is InChI=1S/C15H19N3O2S/c1-10(2)13-8-17-15(21-9-14(19)20)18(13)11(3)12-5-4-6-16-7-12/h4-8,10-11H,9H2,1-3H3,(H,19,20). The molecule has 0 radical (unpaired) electrons. The van der Waals surface area contributed by atoms with E-state index in [9.17, 15) is 4.79 Å². The van der Waals surface area contributed by atoms with Gasteiger partial charge in [-0.1, -0.05) is 31.7 Å². The van der Waals surface area contributed by atoms with Gasteiger partial charge in [0.15, 0.2) is 5.16 Å². The Morgan fingerprint density at radius 2 is 2.14 bits per heavy atom. The van der Waals surface area contributed by atoms with Crippen LogP contribution in [-0.4, -0.2) is 31.4 Å². The molecule has 0 fully saturated rings. The van der Waals surface area contributed by atoms with Crippen LogP contribution in [0, 0.1) is 0 Å². The zero-order valence-electron chi connectivity index (χ0n) is 12.4. The quantitative estimate of drug-likeness (QED) is 0.830. The van der Waals surface area contributed by atoms with Crippen molar-refractivity contribution in [1.82, 2.24) is 14.5 Å². The van der Waals surface area contributed by atoms with Gasteiger partial charge >= 0.3 is 5.97 Å². The molecule has 1 unspecified atom stereocenters. The Hall–Kier alpha value is -1.82. The number of nitrogens with zero attached hydrogens (tertiary/aromatic N) is 3. The summed E-state index contributed by atoms with van der Waals surface area (Å²) < 4.78 is 2.11. The number of aliphatic carboxylic acids is 1. The number of thioether (sulfide) groups is 1. The highest BCUT2D eigenvalue weighted by Gasteiger charge is 2.20. The van der Waals surface area contributed by atoms with Gasteiger partial charge in [-0.25, -0.2) is 4.98 Å². The third kappa shape index (κ3) is 3.64. The number of pyridine rings is 1. The van der Waals surface area contributed by atoms with E-state index in [4.69, 9.17) is 5.11 Å². The fraction of sp³-hybridized carbons (Fsp3) is 0.400. The number of carboxylic acid groups (broad SMARTS) is 1. The zero-order valence-corrected chi connectivity index (χ0v) is 13.2. The molecule has 0 bridgehead atoms. The first-order valence-corrected chi connectivity index (χ1v) is 7.81. The summed E-state index contributed by atoms with van der Waals surface area (Å²) in [5, 5.41) is 9.60. The molecule has 0 aliphatic carbocycles. The summed E-state index contributed by atoms with van der Waals surface area (Å²) in [6, 6.07) is 3.99. The second-order valence-corrected chi connectivity index (χ2v) is 6.08. The molecule has 0 saturated carbocycles. The number of aromatic nitrogens is 3. The Morgan fingerprint density at radius 3 is 2.71 bits per heavy atom. The number of carbonyl (C=O) groups is 1. The average Bonchev–Trinajstić information content (AvgIpc) is 2.89. The highest BCUT2D eigenvalue weighted by Crippen LogP contribution is 2.30. The molecule has 1 atom stereocenters. The zero-order chi connectivity index (χ0) is 15.4. The second-order valence-electron chi connectivity index (χ2n) is 5.14. The smallest absolute Gasteiger partial charge is 0.313 e. The van der Waals surface area contributed by atoms with E-state index in [1.165, 1.54) is 11.8 Å². The van der Waals surface area contributed by atoms with Gasteiger partial charge in [0, 0.05) is 24.3 Å². The summed E-state index contributed by atoms with van der Waals surface area (Å²) in [6.07, 6.45) is 5.41. The molecular formula is C15H19N3O2S. The van der Waals surface area contributed by atoms with Crippen LogP contribution in [0.2, 0.25) is 0 Å². The summed E-state index contributed by atoms with van der Waals surface area (Å²) in [7, 11) is 0. The minimum atomic E-state index is -0.838. The lowest BCUT2D eigenvalue weighted by Crippen LogP contribution is -2.13. The van der Waals surface area contributed by atoms with E-state index < -0.39 is 5.97 Å². The first-order chi connectivity index (χ1) is 10.0. The molecule has 5 nitrogen and oxygen atoms in total. The van der Waals surface area contributed by atoms with Crippen molar-refractivity contribution in [2.45, 2.75) is 37.9 Å². The summed E-state index contributed by atoms with van der Waals surface area (Å²) in [6.45, 7) is 6.29. The van der Waals surface area contributed by atoms with Gasteiger partial charge in [0.1, 0.15) is 0 Å². The van der Waals surface area contributed by atoms with Crippen LogP contribution >= 0.6 is 11.8 Å². The van der Waals surface area contributed by atoms with Crippen molar-refractivity contribution in [1.29, 1.82) is 0 Å². The summed E-state index contributed by atoms with van der Waals surface area (Å²) in [5.74, 6) is -0.514. The maximum Gasteiger partial charge on any atom is 0.313 e. The summed E-state index contributed by atoms with van der Waals surface area (Å²) >= 11 is 1.25. The SMILES string of the molecule is CC(C)c1cnc(SCC(=O)O)n1C(C)c1cccnc1. The highest BCUT2D eigenvalue weighted by molar-refractivity contribution is 7.99. The van der Waals surface area contributed by atoms with Crippen LogP contribution in [0.4, 0.5) is 0 Å². The highest BCUT2D eigenvalue weighted by atomic mass is 32.2. The van der Waals surface area contributed by atoms with Crippen LogP contribution in [-0.2, 0) is 4.79 Å². The monoisotopic (exact) mass is 305 g/mol. The van der Waals surface area contributed by atoms with Crippen LogP contribution < -0.4 is 0 Å². The molecule has 2 aromatic rings. The first kappa shape index (κ1) is 15.6. The number of carboxylic acids is 1. The van der Waals surface area contributed by atoms with E-state index in [-0.39, 0.29) is 11.8 Å². The second kappa shape index (κ2) is 6.76. The Labute approximate surface area is 128 Å². The van der Waals surface area contributed by atoms with Crippen LogP contribution in [0.1, 0.15) is 44.0 Å². The number of imidazole rings is 1. The number of rotatable bonds is 6. The lowest BCUT2D eigenvalue weighted by atomic mass is 10.1. The van der Waals surface area contributed by atoms with E-state index in [1.54, 1.807) is 6.20 Å². The van der Waals surface area contributed by atoms with E-state index in [0.29, 0.717) is 5.92 Å². The van der Waals surface area contributed by atoms with E-state index >= 15 is 0 Å². The summed E-state index contributed by atoms with van der Waals surface area (Å²) in [4.78, 5) is 19.4. The Morgan fingerprint density at radius 1 is 1.38 bits per heavy atom. The molecule has 0 aliphatic heterocycles. The number of hydrogen-bond donors (Lipinski definition) is 1. The molecule has 2 rings (SSSR count). The molecule has 112 valence electrons. The van der Waals surface area contributed by atoms with Gasteiger partial charge in [-0.05, 0) is 24.5 Å². The fourth-order valence-electron chi connectivity index (χ4n) is 2.18. The normalized spacial score (nSPS) is 12.6. The molecule has 21 heavy (non-hydrogen) atoms. The van der Waals surface area contributed by atoms with Crippen molar-refractivity contribution in [3.8, 4) is 0 Å². The third-order valence-electron chi connectivity index (χ3n) is 3.26. The van der Waals surface area contributed by atoms with Gasteiger partial charge in [0.05, 0.1) is 11.8 Å². The van der Waals surface area contributed by atoms with Crippen LogP contribution in [0.3, 0.4) is 0 Å². The van der Waals surface area contributed by atoms with Crippen molar-refractivity contribution in [2.75, 3.05) is 5.75 Å². The Balaban J connectivity index is 2.38. The minimum absolute atomic E-state index is 0.00824. The molecule has 0 aliphatic rings. The molecule has 1 N–H and O–H groups in total. The maximum absolute atomic E-state index is 10.8. The molecule has 0 saturated heterocycles. The van der Waals surface area contributed by atoms with Crippen molar-refractivity contribution in [3.63, 3.8) is 0 Å². The van der Waals surface area contributed by atoms with Gasteiger partial charge in [0.2, 0.25) is 0 Å². The number of hydrogen-bond acceptors (Lipinski definition) is 4. The Bertz CT molecular complexity index is 611. The van der Waals surface area contributed by atoms with Crippen LogP contribution in [0.5, 0.6) is 0 Å². The lowest BCUT2D eigenvalue weighted by molar-refractivity contribution is -0.133. The molecule has 2 aromatic heterocycles. The van der Waals surface area contributed by atoms with Crippen LogP contribution in [0.25, 0.3) is 0 Å². The van der Waals surface area contributed by atoms with E-state index in [1.807, 2.05) is 24.5 Å². The predicted octanol–water partition coefficient (Wildman–Crippen LogP) is 3.19. The molecule has 0 spiro atoms. The molecule has 2 heterocycles. The van der Waals surface area contributed by atoms with Gasteiger partial charge in [-0.2, -0.15) is 0 Å². The molecule has 0 amide bonds. The fourth-order valence-corrected chi connectivity index (χ4v) is 2.96. The van der Waals surface area contributed by atoms with Gasteiger partial charge < -0.3 is 9.67 Å². The van der Waals surface area contributed by atoms with Crippen molar-refractivity contribution < 1.29 is 9.90 Å². The predicted molar refractivity (Wildman–Crippen MR) is 82.7 cm³/mol. The largest absolute Gasteiger partial charge is 0.481 e. The Kier molecular flexibility index (Phi) is 5.01. The van der Waals surface area contributed by atoms with Crippen LogP contribution in [0.15, 0.2) is 35.9 Å². The van der Waals surface area contributed by atoms with E-state index in [0.717, 1.165) is 16.4 Å². The minimum Gasteiger partial charge on any atom is -0.481 e. The topological polar surface area (TPSA) is 68.0 Å². The molecular weight excluding hydrogens is 286 g/mol. The first-order valence-electron chi connectivity index (χ1n) is 6.82. The summed E-state index contributed by atoms with van der Waals surface area (Å²) in [5.41, 5.74) is 2.17. The van der Waals surface area contributed by atoms with Gasteiger partial charge in [0.25, 0.3) is 0 Å². The van der Waals surface area contributed by atoms with Gasteiger partial charge in [-0.3, -0.25) is 9.78 Å². The lowest BCUT2D eigenvalue weighted by Gasteiger charge is -2.20. The van der Waals surface area contributed by atoms with Crippen molar-refractivity contribution >= 4 is 17.7 Å². The van der Waals surface area contributed by atoms with Gasteiger partial charge in [-0.15, -0.1) is 0 Å². The molecule has 0 aromatic carbocycles. The third-order valence-corrected chi connectivity index (χ3v) is 4.21. The van der Waals surface area contributed by atoms with Crippen molar-refractivity contribution in [3.05, 3.63) is 42.0 Å². The maximum atomic E-state index is 10.8. The van der Waals surface area contributed by atoms with Crippen molar-refractivity contribution in [2.24, 2.45) is 0 Å². The average molecular weight is 305 g/mol.